The lowest BCUT2D eigenvalue weighted by atomic mass is 10.0. The number of carbonyl (C=O) groups excluding carboxylic acids is 4. The van der Waals surface area contributed by atoms with Crippen LogP contribution in [0, 0.1) is 0 Å². The van der Waals surface area contributed by atoms with Gasteiger partial charge in [0.1, 0.15) is 23.4 Å². The minimum absolute atomic E-state index is 0.148. The Morgan fingerprint density at radius 1 is 1.37 bits per heavy atom. The molecule has 1 fully saturated rings. The summed E-state index contributed by atoms with van der Waals surface area (Å²) in [5.74, 6) is -2.87. The number of oxazole rings is 1. The number of carboxylic acid groups (broad SMARTS) is 1. The Morgan fingerprint density at radius 3 is 2.89 bits per heavy atom. The van der Waals surface area contributed by atoms with Crippen molar-refractivity contribution in [1.29, 1.82) is 0 Å². The average Bonchev–Trinajstić information content (AvgIpc) is 3.56. The van der Waals surface area contributed by atoms with Gasteiger partial charge in [0.2, 0.25) is 0 Å². The van der Waals surface area contributed by atoms with Crippen molar-refractivity contribution in [2.45, 2.75) is 18.0 Å². The molecule has 2 aliphatic heterocycles. The van der Waals surface area contributed by atoms with E-state index in [-0.39, 0.29) is 29.7 Å². The van der Waals surface area contributed by atoms with Gasteiger partial charge < -0.3 is 35.1 Å². The van der Waals surface area contributed by atoms with Gasteiger partial charge in [0.15, 0.2) is 18.5 Å². The molecule has 1 unspecified atom stereocenters. The van der Waals surface area contributed by atoms with E-state index in [0.29, 0.717) is 11.3 Å². The Bertz CT molecular complexity index is 1530. The van der Waals surface area contributed by atoms with Crippen LogP contribution in [0.5, 0.6) is 0 Å². The normalized spacial score (nSPS) is 19.1. The summed E-state index contributed by atoms with van der Waals surface area (Å²) >= 11 is 1.26. The number of fused-ring (bicyclic) bond motifs is 2. The number of carboxylic acids is 1. The number of rotatable bonds is 7. The average molecular weight is 542 g/mol. The predicted octanol–water partition coefficient (Wildman–Crippen LogP) is -1.55. The first-order chi connectivity index (χ1) is 18.3. The molecule has 3 aromatic rings. The van der Waals surface area contributed by atoms with Crippen molar-refractivity contribution in [3.05, 3.63) is 53.9 Å². The fourth-order valence-electron chi connectivity index (χ4n) is 4.06. The lowest BCUT2D eigenvalue weighted by molar-refractivity contribution is -0.669. The lowest BCUT2D eigenvalue weighted by Crippen LogP contribution is -2.71. The first kappa shape index (κ1) is 24.8. The Morgan fingerprint density at radius 2 is 2.18 bits per heavy atom. The number of aromatic nitrogens is 2. The fourth-order valence-corrected chi connectivity index (χ4v) is 5.39. The molecule has 0 spiro atoms. The van der Waals surface area contributed by atoms with Crippen LogP contribution in [0.1, 0.15) is 5.69 Å². The van der Waals surface area contributed by atoms with Crippen molar-refractivity contribution in [3.63, 3.8) is 0 Å². The molecule has 196 valence electrons. The van der Waals surface area contributed by atoms with Gasteiger partial charge in [0.25, 0.3) is 17.8 Å². The minimum Gasteiger partial charge on any atom is -0.543 e. The molecular weight excluding hydrogens is 522 g/mol. The number of nitrogens with one attached hydrogen (secondary N) is 2. The van der Waals surface area contributed by atoms with Crippen LogP contribution in [0.25, 0.3) is 11.1 Å². The number of anilines is 1. The van der Waals surface area contributed by atoms with Crippen molar-refractivity contribution >= 4 is 58.5 Å². The second-order valence-corrected chi connectivity index (χ2v) is 9.16. The summed E-state index contributed by atoms with van der Waals surface area (Å²) in [7, 11) is 1.29. The van der Waals surface area contributed by atoms with Crippen LogP contribution in [0.4, 0.5) is 10.8 Å². The van der Waals surface area contributed by atoms with Crippen molar-refractivity contribution in [1.82, 2.24) is 20.5 Å². The van der Waals surface area contributed by atoms with Crippen LogP contribution in [-0.4, -0.2) is 63.7 Å². The molecule has 16 heteroatoms. The summed E-state index contributed by atoms with van der Waals surface area (Å²) in [6.07, 6.45) is 3.32. The maximum atomic E-state index is 13.0. The van der Waals surface area contributed by atoms with Gasteiger partial charge in [-0.3, -0.25) is 19.3 Å². The van der Waals surface area contributed by atoms with Crippen molar-refractivity contribution in [2.24, 2.45) is 5.16 Å². The van der Waals surface area contributed by atoms with Crippen molar-refractivity contribution in [3.8, 4) is 0 Å². The topological polar surface area (TPSA) is 209 Å². The summed E-state index contributed by atoms with van der Waals surface area (Å²) in [4.78, 5) is 59.1. The molecule has 5 heterocycles. The number of nitrogen functional groups attached to an aromatic ring is 1. The number of nitrogens with two attached hydrogens (primary N) is 1. The van der Waals surface area contributed by atoms with Crippen LogP contribution < -0.4 is 26.0 Å². The number of β-lactam (4-membered cyclic amide) rings is 1. The van der Waals surface area contributed by atoms with Gasteiger partial charge in [-0.25, -0.2) is 4.79 Å². The molecule has 0 aromatic carbocycles. The summed E-state index contributed by atoms with van der Waals surface area (Å²) in [6, 6.07) is 4.06. The van der Waals surface area contributed by atoms with Gasteiger partial charge in [-0.1, -0.05) is 5.16 Å². The molecule has 4 N–H and O–H groups in total. The Labute approximate surface area is 217 Å². The quantitative estimate of drug-likeness (QED) is 0.103. The summed E-state index contributed by atoms with van der Waals surface area (Å²) in [5.41, 5.74) is 5.55. The van der Waals surface area contributed by atoms with E-state index in [1.165, 1.54) is 25.1 Å². The maximum Gasteiger partial charge on any atom is 0.433 e. The number of hydrogen-bond donors (Lipinski definition) is 3. The van der Waals surface area contributed by atoms with E-state index >= 15 is 0 Å². The molecule has 0 saturated carbocycles. The second kappa shape index (κ2) is 9.89. The summed E-state index contributed by atoms with van der Waals surface area (Å²) in [5, 5.41) is 20.4. The standard InChI is InChI=1S/C22H19N7O8S/c1-24-22(34)37-27-13(12-8-36-21(23)25-12)16(30)26-14-17(31)29-15(20(32)33)11(9-38-19(14)29)7-28-5-2-3-10-4-6-35-18(10)28/h2-6,8,14,19H,7,9H2,1H3,(H4-,23,24,25,26,30,32,33,34)/b27-13+/t14?,19-/m1/s1. The Hall–Kier alpha value is -4.86. The van der Waals surface area contributed by atoms with Gasteiger partial charge in [0.05, 0.1) is 23.3 Å². The van der Waals surface area contributed by atoms with E-state index in [0.717, 1.165) is 16.5 Å². The van der Waals surface area contributed by atoms with E-state index in [1.807, 2.05) is 6.07 Å². The monoisotopic (exact) mass is 541 g/mol. The molecule has 0 aliphatic carbocycles. The second-order valence-electron chi connectivity index (χ2n) is 8.06. The number of furan rings is 1. The van der Waals surface area contributed by atoms with Gasteiger partial charge in [-0.15, -0.1) is 11.8 Å². The maximum absolute atomic E-state index is 13.0. The molecule has 2 aliphatic rings. The smallest absolute Gasteiger partial charge is 0.433 e. The molecule has 15 nitrogen and oxygen atoms in total. The number of hydrogen-bond acceptors (Lipinski definition) is 12. The van der Waals surface area contributed by atoms with Crippen LogP contribution in [0.15, 0.2) is 62.2 Å². The zero-order valence-corrected chi connectivity index (χ0v) is 20.4. The van der Waals surface area contributed by atoms with Gasteiger partial charge in [-0.2, -0.15) is 9.55 Å². The van der Waals surface area contributed by atoms with Gasteiger partial charge in [0, 0.05) is 24.4 Å². The largest absolute Gasteiger partial charge is 0.543 e. The number of thioether (sulfide) groups is 1. The molecule has 2 atom stereocenters. The molecular formula is C22H19N7O8S. The Kier molecular flexibility index (Phi) is 6.46. The molecule has 3 aromatic heterocycles. The number of oxime groups is 1. The predicted molar refractivity (Wildman–Crippen MR) is 126 cm³/mol. The molecule has 5 rings (SSSR count). The van der Waals surface area contributed by atoms with E-state index in [1.54, 1.807) is 22.9 Å². The third-order valence-electron chi connectivity index (χ3n) is 5.77. The van der Waals surface area contributed by atoms with E-state index < -0.39 is 41.0 Å². The highest BCUT2D eigenvalue weighted by Crippen LogP contribution is 2.40. The van der Waals surface area contributed by atoms with E-state index in [4.69, 9.17) is 14.6 Å². The zero-order chi connectivity index (χ0) is 27.0. The molecule has 38 heavy (non-hydrogen) atoms. The van der Waals surface area contributed by atoms with Crippen LogP contribution in [0.3, 0.4) is 0 Å². The fraction of sp³-hybridized carbons (Fsp3) is 0.227. The minimum atomic E-state index is -1.52. The van der Waals surface area contributed by atoms with Crippen molar-refractivity contribution < 1.29 is 42.5 Å². The highest BCUT2D eigenvalue weighted by molar-refractivity contribution is 8.00. The SMILES string of the molecule is CNC(=O)O/N=C(/C(=O)NC1C(=O)N2C(C(=O)[O-])=C(C[n+]3cccc4ccoc43)CS[C@H]12)c1coc(N)n1. The molecule has 1 saturated heterocycles. The molecule has 0 radical (unpaired) electrons. The van der Waals surface area contributed by atoms with Gasteiger partial charge in [-0.05, 0) is 12.1 Å². The van der Waals surface area contributed by atoms with E-state index in [9.17, 15) is 24.3 Å². The Balaban J connectivity index is 1.37. The zero-order valence-electron chi connectivity index (χ0n) is 19.6. The third-order valence-corrected chi connectivity index (χ3v) is 7.11. The van der Waals surface area contributed by atoms with Crippen LogP contribution >= 0.6 is 11.8 Å². The van der Waals surface area contributed by atoms with Crippen LogP contribution in [-0.2, 0) is 25.8 Å². The summed E-state index contributed by atoms with van der Waals surface area (Å²) in [6.45, 7) is 0.149. The number of aliphatic carboxylic acids is 1. The number of amides is 3. The summed E-state index contributed by atoms with van der Waals surface area (Å²) < 4.78 is 12.1. The van der Waals surface area contributed by atoms with Crippen LogP contribution in [0.2, 0.25) is 0 Å². The number of nitrogens with zero attached hydrogens (tertiary/aromatic N) is 4. The third kappa shape index (κ3) is 4.40. The molecule has 3 amide bonds. The first-order valence-electron chi connectivity index (χ1n) is 11.0. The highest BCUT2D eigenvalue weighted by atomic mass is 32.2. The van der Waals surface area contributed by atoms with E-state index in [2.05, 4.69) is 25.6 Å². The highest BCUT2D eigenvalue weighted by Gasteiger charge is 2.53. The van der Waals surface area contributed by atoms with Crippen molar-refractivity contribution in [2.75, 3.05) is 18.5 Å². The number of carbonyl (C=O) groups is 4. The molecule has 0 bridgehead atoms. The van der Waals surface area contributed by atoms with Gasteiger partial charge >= 0.3 is 11.8 Å². The first-order valence-corrected chi connectivity index (χ1v) is 12.1. The number of pyridine rings is 1. The lowest BCUT2D eigenvalue weighted by Gasteiger charge is -2.50.